The van der Waals surface area contributed by atoms with Crippen molar-refractivity contribution in [3.05, 3.63) is 70.7 Å². The third kappa shape index (κ3) is 5.94. The van der Waals surface area contributed by atoms with E-state index in [0.717, 1.165) is 11.4 Å². The molecule has 11 heteroatoms. The molecule has 34 heavy (non-hydrogen) atoms. The lowest BCUT2D eigenvalue weighted by Gasteiger charge is -2.23. The summed E-state index contributed by atoms with van der Waals surface area (Å²) in [5.74, 6) is 0.421. The van der Waals surface area contributed by atoms with Gasteiger partial charge in [0.2, 0.25) is 5.13 Å². The van der Waals surface area contributed by atoms with E-state index in [4.69, 9.17) is 16.3 Å². The van der Waals surface area contributed by atoms with Gasteiger partial charge in [-0.05, 0) is 48.4 Å². The maximum atomic E-state index is 13.5. The van der Waals surface area contributed by atoms with Gasteiger partial charge in [0.15, 0.2) is 0 Å². The van der Waals surface area contributed by atoms with E-state index in [2.05, 4.69) is 35.9 Å². The Morgan fingerprint density at radius 2 is 1.94 bits per heavy atom. The lowest BCUT2D eigenvalue weighted by Crippen LogP contribution is -2.31. The Bertz CT molecular complexity index is 1270. The number of sulfonamides is 1. The summed E-state index contributed by atoms with van der Waals surface area (Å²) in [5.41, 5.74) is 0.435. The maximum absolute atomic E-state index is 13.5. The predicted octanol–water partition coefficient (Wildman–Crippen LogP) is 5.03. The normalized spacial score (nSPS) is 11.3. The molecule has 180 valence electrons. The second kappa shape index (κ2) is 11.0. The number of amides is 1. The van der Waals surface area contributed by atoms with Crippen LogP contribution in [0.4, 0.5) is 10.8 Å². The van der Waals surface area contributed by atoms with Gasteiger partial charge in [-0.2, -0.15) is 0 Å². The number of halogens is 1. The predicted molar refractivity (Wildman–Crippen MR) is 136 cm³/mol. The number of hydrogen-bond donors (Lipinski definition) is 1. The molecule has 1 aromatic heterocycles. The van der Waals surface area contributed by atoms with Crippen molar-refractivity contribution in [3.8, 4) is 5.75 Å². The van der Waals surface area contributed by atoms with E-state index in [9.17, 15) is 13.2 Å². The van der Waals surface area contributed by atoms with Crippen LogP contribution in [0, 0.1) is 5.92 Å². The number of nitrogens with zero attached hydrogens (tertiary/aromatic N) is 3. The van der Waals surface area contributed by atoms with Crippen molar-refractivity contribution >= 4 is 49.7 Å². The van der Waals surface area contributed by atoms with E-state index in [-0.39, 0.29) is 22.0 Å². The van der Waals surface area contributed by atoms with Crippen LogP contribution in [0.15, 0.2) is 60.0 Å². The van der Waals surface area contributed by atoms with Gasteiger partial charge >= 0.3 is 0 Å². The number of rotatable bonds is 10. The molecule has 0 saturated heterocycles. The second-order valence-electron chi connectivity index (χ2n) is 7.72. The molecule has 8 nitrogen and oxygen atoms in total. The fourth-order valence-electron chi connectivity index (χ4n) is 3.07. The van der Waals surface area contributed by atoms with Gasteiger partial charge in [-0.3, -0.25) is 14.4 Å². The van der Waals surface area contributed by atoms with Crippen LogP contribution in [-0.4, -0.2) is 38.2 Å². The summed E-state index contributed by atoms with van der Waals surface area (Å²) in [6, 6.07) is 10.6. The molecule has 0 aliphatic carbocycles. The van der Waals surface area contributed by atoms with Gasteiger partial charge in [0.05, 0.1) is 34.8 Å². The number of methoxy groups -OCH3 is 1. The minimum Gasteiger partial charge on any atom is -0.497 e. The van der Waals surface area contributed by atoms with E-state index in [1.807, 2.05) is 0 Å². The Labute approximate surface area is 208 Å². The molecule has 1 heterocycles. The first-order valence-electron chi connectivity index (χ1n) is 10.4. The van der Waals surface area contributed by atoms with Gasteiger partial charge in [-0.1, -0.05) is 42.9 Å². The van der Waals surface area contributed by atoms with Crippen molar-refractivity contribution in [2.75, 3.05) is 23.3 Å². The van der Waals surface area contributed by atoms with E-state index in [1.54, 1.807) is 24.3 Å². The standard InChI is InChI=1S/C23H25ClN4O4S2/c1-5-12-28(16-6-8-17(32-4)9-7-16)34(30,31)18-10-11-20(24)19(14-18)22(29)25-23-27-26-21(33-23)13-15(2)3/h5-11,14-15H,1,12-13H2,2-4H3,(H,25,27,29). The summed E-state index contributed by atoms with van der Waals surface area (Å²) in [6.07, 6.45) is 2.22. The van der Waals surface area contributed by atoms with Gasteiger partial charge in [-0.25, -0.2) is 8.42 Å². The maximum Gasteiger partial charge on any atom is 0.264 e. The summed E-state index contributed by atoms with van der Waals surface area (Å²) in [6.45, 7) is 7.82. The first kappa shape index (κ1) is 25.7. The zero-order chi connectivity index (χ0) is 24.9. The van der Waals surface area contributed by atoms with Crippen molar-refractivity contribution < 1.29 is 17.9 Å². The number of aromatic nitrogens is 2. The summed E-state index contributed by atoms with van der Waals surface area (Å²) in [4.78, 5) is 12.8. The van der Waals surface area contributed by atoms with Crippen LogP contribution < -0.4 is 14.4 Å². The number of anilines is 2. The van der Waals surface area contributed by atoms with Crippen LogP contribution in [0.5, 0.6) is 5.75 Å². The SMILES string of the molecule is C=CCN(c1ccc(OC)cc1)S(=O)(=O)c1ccc(Cl)c(C(=O)Nc2nnc(CC(C)C)s2)c1. The molecule has 0 saturated carbocycles. The Kier molecular flexibility index (Phi) is 8.29. The van der Waals surface area contributed by atoms with E-state index in [1.165, 1.54) is 47.0 Å². The number of hydrogen-bond acceptors (Lipinski definition) is 7. The van der Waals surface area contributed by atoms with Crippen LogP contribution in [-0.2, 0) is 16.4 Å². The highest BCUT2D eigenvalue weighted by Crippen LogP contribution is 2.29. The minimum atomic E-state index is -4.03. The molecule has 3 rings (SSSR count). The monoisotopic (exact) mass is 520 g/mol. The molecule has 0 atom stereocenters. The molecule has 0 aliphatic rings. The first-order valence-corrected chi connectivity index (χ1v) is 13.0. The number of nitrogens with one attached hydrogen (secondary N) is 1. The topological polar surface area (TPSA) is 101 Å². The highest BCUT2D eigenvalue weighted by molar-refractivity contribution is 7.92. The Balaban J connectivity index is 1.91. The largest absolute Gasteiger partial charge is 0.497 e. The number of carbonyl (C=O) groups excluding carboxylic acids is 1. The van der Waals surface area contributed by atoms with Crippen molar-refractivity contribution in [3.63, 3.8) is 0 Å². The van der Waals surface area contributed by atoms with Gasteiger partial charge in [0.25, 0.3) is 15.9 Å². The van der Waals surface area contributed by atoms with Gasteiger partial charge in [-0.15, -0.1) is 16.8 Å². The van der Waals surface area contributed by atoms with E-state index < -0.39 is 15.9 Å². The Morgan fingerprint density at radius 1 is 1.24 bits per heavy atom. The smallest absolute Gasteiger partial charge is 0.264 e. The third-order valence-electron chi connectivity index (χ3n) is 4.70. The molecular formula is C23H25ClN4O4S2. The Hall–Kier alpha value is -2.95. The highest BCUT2D eigenvalue weighted by Gasteiger charge is 2.26. The average Bonchev–Trinajstić information content (AvgIpc) is 3.23. The zero-order valence-electron chi connectivity index (χ0n) is 19.0. The molecule has 0 radical (unpaired) electrons. The lowest BCUT2D eigenvalue weighted by atomic mass is 10.1. The fourth-order valence-corrected chi connectivity index (χ4v) is 5.69. The molecule has 3 aromatic rings. The average molecular weight is 521 g/mol. The zero-order valence-corrected chi connectivity index (χ0v) is 21.4. The van der Waals surface area contributed by atoms with Crippen molar-refractivity contribution in [1.29, 1.82) is 0 Å². The van der Waals surface area contributed by atoms with Crippen LogP contribution in [0.3, 0.4) is 0 Å². The van der Waals surface area contributed by atoms with Crippen LogP contribution >= 0.6 is 22.9 Å². The third-order valence-corrected chi connectivity index (χ3v) is 7.68. The van der Waals surface area contributed by atoms with Crippen molar-refractivity contribution in [2.45, 2.75) is 25.2 Å². The van der Waals surface area contributed by atoms with Crippen LogP contribution in [0.1, 0.15) is 29.2 Å². The summed E-state index contributed by atoms with van der Waals surface area (Å²) in [7, 11) is -2.51. The summed E-state index contributed by atoms with van der Waals surface area (Å²) >= 11 is 7.51. The van der Waals surface area contributed by atoms with Crippen molar-refractivity contribution in [1.82, 2.24) is 10.2 Å². The Morgan fingerprint density at radius 3 is 2.56 bits per heavy atom. The highest BCUT2D eigenvalue weighted by atomic mass is 35.5. The van der Waals surface area contributed by atoms with Crippen LogP contribution in [0.25, 0.3) is 0 Å². The van der Waals surface area contributed by atoms with E-state index in [0.29, 0.717) is 22.5 Å². The molecule has 0 spiro atoms. The molecule has 1 N–H and O–H groups in total. The molecule has 1 amide bonds. The van der Waals surface area contributed by atoms with E-state index >= 15 is 0 Å². The van der Waals surface area contributed by atoms with Gasteiger partial charge in [0, 0.05) is 6.42 Å². The second-order valence-corrected chi connectivity index (χ2v) is 11.0. The molecule has 0 unspecified atom stereocenters. The number of benzene rings is 2. The van der Waals surface area contributed by atoms with Gasteiger partial charge in [0.1, 0.15) is 10.8 Å². The molecule has 0 fully saturated rings. The number of ether oxygens (including phenoxy) is 1. The quantitative estimate of drug-likeness (QED) is 0.376. The minimum absolute atomic E-state index is 0.0108. The number of carbonyl (C=O) groups is 1. The van der Waals surface area contributed by atoms with Crippen LogP contribution in [0.2, 0.25) is 5.02 Å². The lowest BCUT2D eigenvalue weighted by molar-refractivity contribution is 0.102. The van der Waals surface area contributed by atoms with Crippen molar-refractivity contribution in [2.24, 2.45) is 5.92 Å². The summed E-state index contributed by atoms with van der Waals surface area (Å²) < 4.78 is 33.3. The molecule has 0 bridgehead atoms. The van der Waals surface area contributed by atoms with Gasteiger partial charge < -0.3 is 4.74 Å². The fraction of sp³-hybridized carbons (Fsp3) is 0.261. The summed E-state index contributed by atoms with van der Waals surface area (Å²) in [5, 5.41) is 11.9. The molecule has 0 aliphatic heterocycles. The molecule has 2 aromatic carbocycles. The first-order chi connectivity index (χ1) is 16.1. The molecular weight excluding hydrogens is 496 g/mol.